The van der Waals surface area contributed by atoms with Crippen LogP contribution >= 0.6 is 0 Å². The Morgan fingerprint density at radius 2 is 1.69 bits per heavy atom. The van der Waals surface area contributed by atoms with Gasteiger partial charge in [-0.3, -0.25) is 14.5 Å². The molecule has 1 N–H and O–H groups in total. The molecule has 0 aliphatic carbocycles. The second-order valence-electron chi connectivity index (χ2n) is 6.91. The maximum absolute atomic E-state index is 11.2. The fourth-order valence-corrected chi connectivity index (χ4v) is 2.83. The third-order valence-corrected chi connectivity index (χ3v) is 4.69. The molecule has 1 aliphatic heterocycles. The summed E-state index contributed by atoms with van der Waals surface area (Å²) in [5, 5.41) is 7.00. The third kappa shape index (κ3) is 12.0. The van der Waals surface area contributed by atoms with Gasteiger partial charge >= 0.3 is 0 Å². The van der Waals surface area contributed by atoms with E-state index in [2.05, 4.69) is 43.1 Å². The van der Waals surface area contributed by atoms with Gasteiger partial charge in [0.1, 0.15) is 12.1 Å². The van der Waals surface area contributed by atoms with E-state index in [1.165, 1.54) is 11.1 Å². The fraction of sp³-hybridized carbons (Fsp3) is 0.440. The Bertz CT molecular complexity index is 662. The van der Waals surface area contributed by atoms with Gasteiger partial charge in [0.2, 0.25) is 0 Å². The quantitative estimate of drug-likeness (QED) is 0.425. The predicted molar refractivity (Wildman–Crippen MR) is 122 cm³/mol. The van der Waals surface area contributed by atoms with Crippen molar-refractivity contribution < 1.29 is 14.7 Å². The highest BCUT2D eigenvalue weighted by molar-refractivity contribution is 5.79. The Morgan fingerprint density at radius 1 is 1.10 bits per heavy atom. The Morgan fingerprint density at radius 3 is 2.17 bits per heavy atom. The van der Waals surface area contributed by atoms with Crippen molar-refractivity contribution in [2.24, 2.45) is 5.92 Å². The number of aryl methyl sites for hydroxylation is 1. The average molecular weight is 400 g/mol. The van der Waals surface area contributed by atoms with Crippen molar-refractivity contribution in [1.82, 2.24) is 4.90 Å². The molecule has 29 heavy (non-hydrogen) atoms. The lowest BCUT2D eigenvalue weighted by molar-refractivity contribution is -0.121. The molecular formula is C25H37NO3. The number of benzene rings is 1. The summed E-state index contributed by atoms with van der Waals surface area (Å²) in [6.45, 7) is 11.2. The molecule has 0 saturated carbocycles. The lowest BCUT2D eigenvalue weighted by Gasteiger charge is -2.28. The first-order valence-corrected chi connectivity index (χ1v) is 10.1. The van der Waals surface area contributed by atoms with Gasteiger partial charge in [0.25, 0.3) is 0 Å². The first-order chi connectivity index (χ1) is 14.0. The molecule has 0 spiro atoms. The molecule has 4 nitrogen and oxygen atoms in total. The van der Waals surface area contributed by atoms with Crippen LogP contribution in [0.3, 0.4) is 0 Å². The normalized spacial score (nSPS) is 16.1. The molecule has 0 amide bonds. The monoisotopic (exact) mass is 399 g/mol. The summed E-state index contributed by atoms with van der Waals surface area (Å²) in [4.78, 5) is 23.7. The van der Waals surface area contributed by atoms with Crippen LogP contribution in [0.5, 0.6) is 0 Å². The van der Waals surface area contributed by atoms with Gasteiger partial charge in [-0.25, -0.2) is 0 Å². The van der Waals surface area contributed by atoms with Crippen molar-refractivity contribution >= 4 is 12.1 Å². The minimum atomic E-state index is 0.411. The maximum atomic E-state index is 11.2. The van der Waals surface area contributed by atoms with Crippen LogP contribution in [0.1, 0.15) is 49.5 Å². The minimum Gasteiger partial charge on any atom is -0.400 e. The molecule has 1 unspecified atom stereocenters. The molecule has 0 aromatic heterocycles. The van der Waals surface area contributed by atoms with E-state index >= 15 is 0 Å². The lowest BCUT2D eigenvalue weighted by Crippen LogP contribution is -2.35. The zero-order chi connectivity index (χ0) is 22.1. The van der Waals surface area contributed by atoms with E-state index in [9.17, 15) is 9.59 Å². The maximum Gasteiger partial charge on any atom is 0.150 e. The molecule has 1 aliphatic rings. The van der Waals surface area contributed by atoms with Gasteiger partial charge < -0.3 is 5.11 Å². The topological polar surface area (TPSA) is 57.6 Å². The van der Waals surface area contributed by atoms with E-state index in [0.717, 1.165) is 51.4 Å². The number of likely N-dealkylation sites (tertiary alicyclic amines) is 1. The van der Waals surface area contributed by atoms with Crippen LogP contribution < -0.4 is 0 Å². The summed E-state index contributed by atoms with van der Waals surface area (Å²) < 4.78 is 0. The van der Waals surface area contributed by atoms with Crippen LogP contribution in [-0.2, 0) is 4.79 Å². The summed E-state index contributed by atoms with van der Waals surface area (Å²) in [7, 11) is 1.00. The molecule has 1 saturated heterocycles. The summed E-state index contributed by atoms with van der Waals surface area (Å²) in [5.74, 6) is 0.873. The number of piperidine rings is 1. The number of hydrogen-bond acceptors (Lipinski definition) is 4. The second kappa shape index (κ2) is 16.6. The van der Waals surface area contributed by atoms with Gasteiger partial charge in [0.05, 0.1) is 0 Å². The highest BCUT2D eigenvalue weighted by Crippen LogP contribution is 2.16. The van der Waals surface area contributed by atoms with Gasteiger partial charge in [-0.2, -0.15) is 0 Å². The van der Waals surface area contributed by atoms with E-state index in [4.69, 9.17) is 5.11 Å². The van der Waals surface area contributed by atoms with Crippen molar-refractivity contribution in [3.63, 3.8) is 0 Å². The minimum absolute atomic E-state index is 0.411. The van der Waals surface area contributed by atoms with Crippen LogP contribution in [0.2, 0.25) is 0 Å². The van der Waals surface area contributed by atoms with E-state index < -0.39 is 0 Å². The van der Waals surface area contributed by atoms with E-state index in [-0.39, 0.29) is 0 Å². The average Bonchev–Trinajstić information content (AvgIpc) is 2.76. The molecule has 0 bridgehead atoms. The van der Waals surface area contributed by atoms with Crippen LogP contribution in [0.25, 0.3) is 0 Å². The number of aldehydes is 1. The number of ketones is 1. The van der Waals surface area contributed by atoms with Crippen LogP contribution in [0, 0.1) is 12.8 Å². The number of aliphatic hydroxyl groups excluding tert-OH is 1. The number of carbonyl (C=O) groups is 2. The second-order valence-corrected chi connectivity index (χ2v) is 6.91. The van der Waals surface area contributed by atoms with Gasteiger partial charge in [-0.15, -0.1) is 0 Å². The summed E-state index contributed by atoms with van der Waals surface area (Å²) >= 11 is 0. The first-order valence-electron chi connectivity index (χ1n) is 10.1. The molecule has 1 fully saturated rings. The van der Waals surface area contributed by atoms with Crippen molar-refractivity contribution in [3.05, 3.63) is 71.3 Å². The Labute approximate surface area is 176 Å². The van der Waals surface area contributed by atoms with Crippen molar-refractivity contribution in [2.45, 2.75) is 40.5 Å². The van der Waals surface area contributed by atoms with Gasteiger partial charge in [0, 0.05) is 45.1 Å². The highest BCUT2D eigenvalue weighted by atomic mass is 16.2. The first kappa shape index (κ1) is 26.7. The Balaban J connectivity index is 0.000000595. The van der Waals surface area contributed by atoms with Crippen LogP contribution in [0.4, 0.5) is 0 Å². The molecule has 1 aromatic carbocycles. The fourth-order valence-electron chi connectivity index (χ4n) is 2.83. The zero-order valence-electron chi connectivity index (χ0n) is 18.6. The molecule has 1 atom stereocenters. The number of allylic oxidation sites excluding steroid dienone is 5. The molecule has 0 radical (unpaired) electrons. The number of rotatable bonds is 6. The van der Waals surface area contributed by atoms with Crippen molar-refractivity contribution in [3.8, 4) is 0 Å². The van der Waals surface area contributed by atoms with E-state index in [1.54, 1.807) is 0 Å². The summed E-state index contributed by atoms with van der Waals surface area (Å²) in [6, 6.07) is 7.46. The zero-order valence-corrected chi connectivity index (χ0v) is 18.6. The molecule has 4 heteroatoms. The Hall–Kier alpha value is -2.30. The third-order valence-electron chi connectivity index (χ3n) is 4.69. The van der Waals surface area contributed by atoms with Crippen LogP contribution in [-0.4, -0.2) is 48.8 Å². The number of carbonyl (C=O) groups excluding carboxylic acids is 2. The highest BCUT2D eigenvalue weighted by Gasteiger charge is 2.17. The molecule has 160 valence electrons. The lowest BCUT2D eigenvalue weighted by atomic mass is 9.98. The van der Waals surface area contributed by atoms with Gasteiger partial charge in [-0.05, 0) is 26.7 Å². The Kier molecular flexibility index (Phi) is 15.3. The number of Topliss-reactive ketones (excluding diaryl/α,β-unsaturated/α-hetero) is 1. The van der Waals surface area contributed by atoms with Gasteiger partial charge in [-0.1, -0.05) is 72.7 Å². The van der Waals surface area contributed by atoms with E-state index in [0.29, 0.717) is 11.7 Å². The molecule has 1 aromatic rings. The standard InChI is InChI=1S/C16H25NO.C8H8O.CH4O/c1-4-6-7-8-14(3)15(5-2)13-17-11-9-16(18)10-12-17;1-7-2-4-8(6-9)5-3-7;1-2/h4-8,14H,9-13H2,1-3H3;2-6H,1H3;2H,1H3/b6-4-,8-7-,15-5-;;. The predicted octanol–water partition coefficient (Wildman–Crippen LogP) is 4.78. The number of aliphatic hydroxyl groups is 1. The van der Waals surface area contributed by atoms with Crippen molar-refractivity contribution in [1.29, 1.82) is 0 Å². The molecule has 1 heterocycles. The summed E-state index contributed by atoms with van der Waals surface area (Å²) in [6.07, 6.45) is 12.9. The van der Waals surface area contributed by atoms with E-state index in [1.807, 2.05) is 44.2 Å². The number of nitrogens with zero attached hydrogens (tertiary/aromatic N) is 1. The molecule has 2 rings (SSSR count). The smallest absolute Gasteiger partial charge is 0.150 e. The van der Waals surface area contributed by atoms with Gasteiger partial charge in [0.15, 0.2) is 0 Å². The van der Waals surface area contributed by atoms with Crippen molar-refractivity contribution in [2.75, 3.05) is 26.7 Å². The molecular weight excluding hydrogens is 362 g/mol. The summed E-state index contributed by atoms with van der Waals surface area (Å²) in [5.41, 5.74) is 3.35. The van der Waals surface area contributed by atoms with Crippen LogP contribution in [0.15, 0.2) is 60.2 Å². The largest absolute Gasteiger partial charge is 0.400 e. The SMILES string of the molecule is C/C=C\C=C/C(C)/C(=C\C)CN1CCC(=O)CC1.CO.Cc1ccc(C=O)cc1. The number of hydrogen-bond donors (Lipinski definition) is 1.